The molecule has 0 aromatic carbocycles. The largest absolute Gasteiger partial charge is 0.491 e. The van der Waals surface area contributed by atoms with E-state index >= 15 is 0 Å². The Balaban J connectivity index is 2.34. The van der Waals surface area contributed by atoms with E-state index in [1.54, 1.807) is 18.3 Å². The molecular formula is C11H13FN2O. The number of rotatable bonds is 6. The van der Waals surface area contributed by atoms with Crippen molar-refractivity contribution in [2.24, 2.45) is 0 Å². The van der Waals surface area contributed by atoms with Crippen molar-refractivity contribution < 1.29 is 9.13 Å². The predicted molar refractivity (Wildman–Crippen MR) is 54.3 cm³/mol. The van der Waals surface area contributed by atoms with Crippen LogP contribution in [0.5, 0.6) is 5.75 Å². The molecular weight excluding hydrogens is 195 g/mol. The van der Waals surface area contributed by atoms with Gasteiger partial charge in [-0.3, -0.25) is 4.39 Å². The molecule has 0 unspecified atom stereocenters. The number of hydrogen-bond acceptors (Lipinski definition) is 3. The first kappa shape index (κ1) is 11.4. The number of nitriles is 1. The van der Waals surface area contributed by atoms with Crippen molar-refractivity contribution in [3.05, 3.63) is 24.0 Å². The van der Waals surface area contributed by atoms with Gasteiger partial charge in [0.15, 0.2) is 11.4 Å². The first-order valence-electron chi connectivity index (χ1n) is 4.92. The van der Waals surface area contributed by atoms with Crippen LogP contribution in [0.15, 0.2) is 18.3 Å². The van der Waals surface area contributed by atoms with Gasteiger partial charge in [-0.15, -0.1) is 0 Å². The van der Waals surface area contributed by atoms with Crippen LogP contribution in [0.4, 0.5) is 4.39 Å². The minimum absolute atomic E-state index is 0.281. The summed E-state index contributed by atoms with van der Waals surface area (Å²) >= 11 is 0. The Morgan fingerprint density at radius 3 is 3.00 bits per heavy atom. The van der Waals surface area contributed by atoms with E-state index in [4.69, 9.17) is 10.00 Å². The Morgan fingerprint density at radius 2 is 2.27 bits per heavy atom. The number of nitrogens with zero attached hydrogens (tertiary/aromatic N) is 2. The molecule has 1 aromatic rings. The van der Waals surface area contributed by atoms with E-state index in [0.29, 0.717) is 24.5 Å². The van der Waals surface area contributed by atoms with E-state index in [1.165, 1.54) is 0 Å². The molecule has 1 aromatic heterocycles. The maximum absolute atomic E-state index is 11.8. The quantitative estimate of drug-likeness (QED) is 0.674. The first-order chi connectivity index (χ1) is 7.38. The Hall–Kier alpha value is -1.63. The van der Waals surface area contributed by atoms with Gasteiger partial charge in [-0.2, -0.15) is 5.26 Å². The molecule has 0 atom stereocenters. The van der Waals surface area contributed by atoms with Gasteiger partial charge in [0.05, 0.1) is 13.3 Å². The summed E-state index contributed by atoms with van der Waals surface area (Å²) in [5.74, 6) is 0.500. The standard InChI is InChI=1S/C11H13FN2O/c12-6-2-1-3-8-15-11-5-4-7-14-10(11)9-13/h4-5,7H,1-3,6,8H2. The molecule has 1 rings (SSSR count). The van der Waals surface area contributed by atoms with Crippen molar-refractivity contribution in [2.75, 3.05) is 13.3 Å². The summed E-state index contributed by atoms with van der Waals surface area (Å²) in [5, 5.41) is 8.72. The number of hydrogen-bond donors (Lipinski definition) is 0. The van der Waals surface area contributed by atoms with E-state index in [1.807, 2.05) is 6.07 Å². The maximum atomic E-state index is 11.8. The molecule has 0 N–H and O–H groups in total. The van der Waals surface area contributed by atoms with Crippen molar-refractivity contribution in [3.63, 3.8) is 0 Å². The molecule has 0 spiro atoms. The molecule has 0 aliphatic carbocycles. The molecule has 15 heavy (non-hydrogen) atoms. The van der Waals surface area contributed by atoms with Crippen molar-refractivity contribution in [2.45, 2.75) is 19.3 Å². The Kier molecular flexibility index (Phi) is 5.16. The lowest BCUT2D eigenvalue weighted by Gasteiger charge is -2.05. The fourth-order valence-electron chi connectivity index (χ4n) is 1.15. The predicted octanol–water partition coefficient (Wildman–Crippen LogP) is 2.47. The van der Waals surface area contributed by atoms with Crippen LogP contribution in [-0.4, -0.2) is 18.3 Å². The molecule has 0 fully saturated rings. The molecule has 0 saturated heterocycles. The van der Waals surface area contributed by atoms with Gasteiger partial charge in [0, 0.05) is 6.20 Å². The van der Waals surface area contributed by atoms with E-state index in [-0.39, 0.29) is 6.67 Å². The van der Waals surface area contributed by atoms with Gasteiger partial charge in [0.25, 0.3) is 0 Å². The van der Waals surface area contributed by atoms with Crippen LogP contribution in [0, 0.1) is 11.3 Å². The summed E-state index contributed by atoms with van der Waals surface area (Å²) in [6.45, 7) is 0.219. The van der Waals surface area contributed by atoms with Crippen LogP contribution in [0.25, 0.3) is 0 Å². The second kappa shape index (κ2) is 6.77. The van der Waals surface area contributed by atoms with Gasteiger partial charge in [-0.05, 0) is 31.4 Å². The number of unbranched alkanes of at least 4 members (excludes halogenated alkanes) is 2. The number of pyridine rings is 1. The lowest BCUT2D eigenvalue weighted by atomic mass is 10.2. The molecule has 0 aliphatic heterocycles. The number of aromatic nitrogens is 1. The molecule has 0 saturated carbocycles. The van der Waals surface area contributed by atoms with E-state index in [2.05, 4.69) is 4.98 Å². The van der Waals surface area contributed by atoms with Gasteiger partial charge in [-0.1, -0.05) is 0 Å². The summed E-state index contributed by atoms with van der Waals surface area (Å²) in [5.41, 5.74) is 0.294. The molecule has 0 bridgehead atoms. The summed E-state index contributed by atoms with van der Waals surface area (Å²) in [7, 11) is 0. The summed E-state index contributed by atoms with van der Waals surface area (Å²) in [6, 6.07) is 5.38. The lowest BCUT2D eigenvalue weighted by Crippen LogP contribution is -2.00. The zero-order valence-electron chi connectivity index (χ0n) is 8.45. The summed E-state index contributed by atoms with van der Waals surface area (Å²) in [4.78, 5) is 3.87. The second-order valence-electron chi connectivity index (χ2n) is 3.06. The maximum Gasteiger partial charge on any atom is 0.182 e. The third kappa shape index (κ3) is 3.94. The van der Waals surface area contributed by atoms with Gasteiger partial charge < -0.3 is 4.74 Å². The number of ether oxygens (including phenoxy) is 1. The average molecular weight is 208 g/mol. The average Bonchev–Trinajstić information content (AvgIpc) is 2.29. The molecule has 0 amide bonds. The first-order valence-corrected chi connectivity index (χ1v) is 4.92. The van der Waals surface area contributed by atoms with E-state index in [9.17, 15) is 4.39 Å². The van der Waals surface area contributed by atoms with Crippen LogP contribution < -0.4 is 4.74 Å². The Morgan fingerprint density at radius 1 is 1.40 bits per heavy atom. The highest BCUT2D eigenvalue weighted by atomic mass is 19.1. The summed E-state index contributed by atoms with van der Waals surface area (Å²) < 4.78 is 17.1. The second-order valence-corrected chi connectivity index (χ2v) is 3.06. The molecule has 4 heteroatoms. The highest BCUT2D eigenvalue weighted by Crippen LogP contribution is 2.14. The molecule has 0 aliphatic rings. The third-order valence-electron chi connectivity index (χ3n) is 1.91. The van der Waals surface area contributed by atoms with Crippen molar-refractivity contribution in [3.8, 4) is 11.8 Å². The lowest BCUT2D eigenvalue weighted by molar-refractivity contribution is 0.299. The minimum Gasteiger partial charge on any atom is -0.491 e. The number of alkyl halides is 1. The van der Waals surface area contributed by atoms with Crippen LogP contribution in [-0.2, 0) is 0 Å². The van der Waals surface area contributed by atoms with Gasteiger partial charge in [0.2, 0.25) is 0 Å². The van der Waals surface area contributed by atoms with Crippen molar-refractivity contribution >= 4 is 0 Å². The SMILES string of the molecule is N#Cc1ncccc1OCCCCCF. The highest BCUT2D eigenvalue weighted by molar-refractivity contribution is 5.36. The van der Waals surface area contributed by atoms with E-state index in [0.717, 1.165) is 12.8 Å². The molecule has 3 nitrogen and oxygen atoms in total. The van der Waals surface area contributed by atoms with Gasteiger partial charge in [-0.25, -0.2) is 4.98 Å². The van der Waals surface area contributed by atoms with Gasteiger partial charge >= 0.3 is 0 Å². The van der Waals surface area contributed by atoms with Crippen LogP contribution in [0.1, 0.15) is 25.0 Å². The van der Waals surface area contributed by atoms with Crippen LogP contribution in [0.3, 0.4) is 0 Å². The third-order valence-corrected chi connectivity index (χ3v) is 1.91. The number of halogens is 1. The van der Waals surface area contributed by atoms with Gasteiger partial charge in [0.1, 0.15) is 6.07 Å². The zero-order chi connectivity index (χ0) is 10.9. The van der Waals surface area contributed by atoms with E-state index < -0.39 is 0 Å². The normalized spacial score (nSPS) is 9.60. The Bertz CT molecular complexity index is 336. The monoisotopic (exact) mass is 208 g/mol. The molecule has 80 valence electrons. The van der Waals surface area contributed by atoms with Crippen molar-refractivity contribution in [1.29, 1.82) is 5.26 Å². The smallest absolute Gasteiger partial charge is 0.182 e. The summed E-state index contributed by atoms with van der Waals surface area (Å²) in [6.07, 6.45) is 3.72. The minimum atomic E-state index is -0.281. The topological polar surface area (TPSA) is 45.9 Å². The highest BCUT2D eigenvalue weighted by Gasteiger charge is 2.02. The fourth-order valence-corrected chi connectivity index (χ4v) is 1.15. The fraction of sp³-hybridized carbons (Fsp3) is 0.455. The zero-order valence-corrected chi connectivity index (χ0v) is 8.45. The molecule has 0 radical (unpaired) electrons. The molecule has 1 heterocycles. The van der Waals surface area contributed by atoms with Crippen LogP contribution >= 0.6 is 0 Å². The van der Waals surface area contributed by atoms with Crippen LogP contribution in [0.2, 0.25) is 0 Å². The Labute approximate surface area is 88.5 Å². The van der Waals surface area contributed by atoms with Crippen molar-refractivity contribution in [1.82, 2.24) is 4.98 Å².